The Balaban J connectivity index is 2.41. The average molecular weight is 291 g/mol. The third kappa shape index (κ3) is 3.33. The number of thiazole rings is 1. The summed E-state index contributed by atoms with van der Waals surface area (Å²) < 4.78 is 2.11. The maximum Gasteiger partial charge on any atom is 0.269 e. The normalized spacial score (nSPS) is 12.1. The molecule has 0 amide bonds. The topological polar surface area (TPSA) is 60.4 Å². The van der Waals surface area contributed by atoms with E-state index in [1.54, 1.807) is 23.5 Å². The molecule has 1 heterocycles. The van der Waals surface area contributed by atoms with Crippen LogP contribution in [0.5, 0.6) is 0 Å². The number of non-ortho nitro benzene ring substituents is 1. The largest absolute Gasteiger partial charge is 0.323 e. The Bertz CT molecular complexity index is 686. The van der Waals surface area contributed by atoms with E-state index in [0.29, 0.717) is 5.92 Å². The Kier molecular flexibility index (Phi) is 4.34. The van der Waals surface area contributed by atoms with E-state index in [1.807, 2.05) is 18.5 Å². The molecular formula is C14H17N3O2S. The van der Waals surface area contributed by atoms with Crippen molar-refractivity contribution in [3.05, 3.63) is 50.3 Å². The highest BCUT2D eigenvalue weighted by atomic mass is 32.1. The Morgan fingerprint density at radius 3 is 2.80 bits per heavy atom. The van der Waals surface area contributed by atoms with E-state index in [-0.39, 0.29) is 10.6 Å². The van der Waals surface area contributed by atoms with Crippen LogP contribution in [0.3, 0.4) is 0 Å². The lowest BCUT2D eigenvalue weighted by atomic mass is 10.2. The van der Waals surface area contributed by atoms with Crippen LogP contribution in [0.4, 0.5) is 11.4 Å². The van der Waals surface area contributed by atoms with Gasteiger partial charge in [0.15, 0.2) is 4.80 Å². The van der Waals surface area contributed by atoms with Crippen LogP contribution >= 0.6 is 11.3 Å². The Labute approximate surface area is 121 Å². The van der Waals surface area contributed by atoms with Gasteiger partial charge in [-0.25, -0.2) is 4.99 Å². The van der Waals surface area contributed by atoms with Crippen LogP contribution in [0, 0.1) is 23.0 Å². The molecule has 0 aliphatic heterocycles. The fraction of sp³-hybridized carbons (Fsp3) is 0.357. The van der Waals surface area contributed by atoms with Crippen molar-refractivity contribution in [1.29, 1.82) is 0 Å². The molecule has 2 rings (SSSR count). The van der Waals surface area contributed by atoms with E-state index < -0.39 is 0 Å². The Morgan fingerprint density at radius 2 is 2.20 bits per heavy atom. The van der Waals surface area contributed by atoms with E-state index in [9.17, 15) is 10.1 Å². The van der Waals surface area contributed by atoms with Gasteiger partial charge < -0.3 is 4.57 Å². The van der Waals surface area contributed by atoms with Crippen LogP contribution in [0.2, 0.25) is 0 Å². The fourth-order valence-electron chi connectivity index (χ4n) is 1.90. The van der Waals surface area contributed by atoms with Gasteiger partial charge in [0.25, 0.3) is 5.69 Å². The maximum atomic E-state index is 10.7. The third-order valence-corrected chi connectivity index (χ3v) is 3.62. The molecule has 0 N–H and O–H groups in total. The Morgan fingerprint density at radius 1 is 1.45 bits per heavy atom. The molecule has 0 atom stereocenters. The zero-order chi connectivity index (χ0) is 14.7. The van der Waals surface area contributed by atoms with Gasteiger partial charge in [0.2, 0.25) is 0 Å². The molecule has 0 spiro atoms. The highest BCUT2D eigenvalue weighted by Gasteiger charge is 2.08. The van der Waals surface area contributed by atoms with Gasteiger partial charge in [-0.3, -0.25) is 10.1 Å². The summed E-state index contributed by atoms with van der Waals surface area (Å²) in [4.78, 5) is 15.9. The minimum atomic E-state index is -0.388. The van der Waals surface area contributed by atoms with Crippen LogP contribution in [-0.4, -0.2) is 9.49 Å². The standard InChI is InChI=1S/C14H17N3O2S/c1-10(2)9-16-6-7-20-14(16)15-13-5-4-12(17(18)19)8-11(13)3/h4-8,10H,9H2,1-3H3. The van der Waals surface area contributed by atoms with Crippen molar-refractivity contribution in [3.8, 4) is 0 Å². The van der Waals surface area contributed by atoms with Gasteiger partial charge in [-0.15, -0.1) is 11.3 Å². The van der Waals surface area contributed by atoms with Crippen molar-refractivity contribution in [1.82, 2.24) is 4.57 Å². The molecule has 106 valence electrons. The van der Waals surface area contributed by atoms with Gasteiger partial charge in [0.1, 0.15) is 0 Å². The van der Waals surface area contributed by atoms with Gasteiger partial charge in [-0.1, -0.05) is 13.8 Å². The van der Waals surface area contributed by atoms with E-state index >= 15 is 0 Å². The van der Waals surface area contributed by atoms with Crippen LogP contribution in [0.1, 0.15) is 19.4 Å². The van der Waals surface area contributed by atoms with Crippen molar-refractivity contribution in [2.24, 2.45) is 10.9 Å². The predicted octanol–water partition coefficient (Wildman–Crippen LogP) is 3.65. The summed E-state index contributed by atoms with van der Waals surface area (Å²) in [6.45, 7) is 7.07. The molecule has 0 aliphatic rings. The second kappa shape index (κ2) is 6.00. The smallest absolute Gasteiger partial charge is 0.269 e. The van der Waals surface area contributed by atoms with E-state index in [4.69, 9.17) is 0 Å². The molecule has 0 aliphatic carbocycles. The number of aryl methyl sites for hydroxylation is 1. The van der Waals surface area contributed by atoms with Gasteiger partial charge in [0, 0.05) is 30.3 Å². The molecule has 0 bridgehead atoms. The van der Waals surface area contributed by atoms with Gasteiger partial charge in [-0.05, 0) is 24.5 Å². The summed E-state index contributed by atoms with van der Waals surface area (Å²) >= 11 is 1.57. The highest BCUT2D eigenvalue weighted by molar-refractivity contribution is 7.07. The number of nitro benzene ring substituents is 1. The number of rotatable bonds is 4. The molecule has 2 aromatic rings. The predicted molar refractivity (Wildman–Crippen MR) is 80.2 cm³/mol. The van der Waals surface area contributed by atoms with Crippen LogP contribution < -0.4 is 4.80 Å². The molecule has 1 aromatic carbocycles. The summed E-state index contributed by atoms with van der Waals surface area (Å²) in [5, 5.41) is 12.7. The number of nitro groups is 1. The van der Waals surface area contributed by atoms with Crippen molar-refractivity contribution in [2.45, 2.75) is 27.3 Å². The van der Waals surface area contributed by atoms with Crippen molar-refractivity contribution in [3.63, 3.8) is 0 Å². The van der Waals surface area contributed by atoms with E-state index in [1.165, 1.54) is 6.07 Å². The lowest BCUT2D eigenvalue weighted by Crippen LogP contribution is -2.16. The molecule has 20 heavy (non-hydrogen) atoms. The van der Waals surface area contributed by atoms with Crippen LogP contribution in [-0.2, 0) is 6.54 Å². The minimum Gasteiger partial charge on any atom is -0.323 e. The number of benzene rings is 1. The first-order valence-corrected chi connectivity index (χ1v) is 7.29. The summed E-state index contributed by atoms with van der Waals surface area (Å²) in [5.41, 5.74) is 1.68. The summed E-state index contributed by atoms with van der Waals surface area (Å²) in [5.74, 6) is 0.543. The van der Waals surface area contributed by atoms with Gasteiger partial charge >= 0.3 is 0 Å². The molecule has 0 saturated heterocycles. The van der Waals surface area contributed by atoms with E-state index in [0.717, 1.165) is 22.6 Å². The average Bonchev–Trinajstić information content (AvgIpc) is 2.78. The highest BCUT2D eigenvalue weighted by Crippen LogP contribution is 2.23. The van der Waals surface area contributed by atoms with E-state index in [2.05, 4.69) is 23.4 Å². The van der Waals surface area contributed by atoms with Crippen LogP contribution in [0.15, 0.2) is 34.8 Å². The number of hydrogen-bond donors (Lipinski definition) is 0. The molecule has 5 nitrogen and oxygen atoms in total. The molecule has 1 aromatic heterocycles. The summed E-state index contributed by atoms with van der Waals surface area (Å²) in [6, 6.07) is 4.75. The second-order valence-corrected chi connectivity index (χ2v) is 5.94. The second-order valence-electron chi connectivity index (χ2n) is 5.07. The first-order chi connectivity index (χ1) is 9.47. The molecule has 6 heteroatoms. The SMILES string of the molecule is Cc1cc([N+](=O)[O-])ccc1N=c1sccn1CC(C)C. The first-order valence-electron chi connectivity index (χ1n) is 6.41. The van der Waals surface area contributed by atoms with Crippen molar-refractivity contribution in [2.75, 3.05) is 0 Å². The van der Waals surface area contributed by atoms with Gasteiger partial charge in [0.05, 0.1) is 10.6 Å². The molecule has 0 saturated carbocycles. The number of nitrogens with zero attached hydrogens (tertiary/aromatic N) is 3. The van der Waals surface area contributed by atoms with Crippen molar-refractivity contribution >= 4 is 22.7 Å². The summed E-state index contributed by atoms with van der Waals surface area (Å²) in [7, 11) is 0. The van der Waals surface area contributed by atoms with Crippen molar-refractivity contribution < 1.29 is 4.92 Å². The maximum absolute atomic E-state index is 10.7. The molecular weight excluding hydrogens is 274 g/mol. The lowest BCUT2D eigenvalue weighted by molar-refractivity contribution is -0.384. The zero-order valence-corrected chi connectivity index (χ0v) is 12.6. The number of hydrogen-bond acceptors (Lipinski definition) is 4. The quantitative estimate of drug-likeness (QED) is 0.637. The lowest BCUT2D eigenvalue weighted by Gasteiger charge is -2.06. The zero-order valence-electron chi connectivity index (χ0n) is 11.7. The minimum absolute atomic E-state index is 0.0997. The molecule has 0 unspecified atom stereocenters. The number of aromatic nitrogens is 1. The Hall–Kier alpha value is -1.95. The monoisotopic (exact) mass is 291 g/mol. The summed E-state index contributed by atoms with van der Waals surface area (Å²) in [6.07, 6.45) is 2.02. The van der Waals surface area contributed by atoms with Crippen LogP contribution in [0.25, 0.3) is 0 Å². The molecule has 0 fully saturated rings. The fourth-order valence-corrected chi connectivity index (χ4v) is 2.65. The molecule has 0 radical (unpaired) electrons. The van der Waals surface area contributed by atoms with Gasteiger partial charge in [-0.2, -0.15) is 0 Å². The first kappa shape index (κ1) is 14.5. The third-order valence-electron chi connectivity index (χ3n) is 2.83.